The summed E-state index contributed by atoms with van der Waals surface area (Å²) >= 11 is 0. The Hall–Kier alpha value is -4.65. The van der Waals surface area contributed by atoms with E-state index >= 15 is 0 Å². The lowest BCUT2D eigenvalue weighted by Gasteiger charge is -2.23. The number of hydrogen-bond donors (Lipinski definition) is 0. The number of carbonyl (C=O) groups excluding carboxylic acids is 3. The third-order valence-corrected chi connectivity index (χ3v) is 8.42. The first kappa shape index (κ1) is 43.8. The van der Waals surface area contributed by atoms with Crippen LogP contribution < -0.4 is 14.7 Å². The summed E-state index contributed by atoms with van der Waals surface area (Å²) in [5, 5.41) is 0. The zero-order valence-corrected chi connectivity index (χ0v) is 32.8. The molecule has 3 aromatic carbocycles. The molecule has 3 atom stereocenters. The van der Waals surface area contributed by atoms with Gasteiger partial charge in [0.1, 0.15) is 24.4 Å². The highest BCUT2D eigenvalue weighted by atomic mass is 16.6. The molecule has 0 amide bonds. The Balaban J connectivity index is 1.42. The third kappa shape index (κ3) is 17.9. The fraction of sp³-hybridized carbons (Fsp3) is 0.500. The molecular formula is C42H59N3O9. The van der Waals surface area contributed by atoms with Gasteiger partial charge in [0.15, 0.2) is 0 Å². The Morgan fingerprint density at radius 2 is 0.759 bits per heavy atom. The summed E-state index contributed by atoms with van der Waals surface area (Å²) in [5.74, 6) is -0.953. The maximum absolute atomic E-state index is 12.6. The van der Waals surface area contributed by atoms with Gasteiger partial charge < -0.3 is 43.1 Å². The predicted octanol–water partition coefficient (Wildman–Crippen LogP) is 5.78. The van der Waals surface area contributed by atoms with Crippen LogP contribution in [-0.4, -0.2) is 116 Å². The molecule has 0 fully saturated rings. The topological polar surface area (TPSA) is 116 Å². The van der Waals surface area contributed by atoms with Crippen molar-refractivity contribution in [2.75, 3.05) is 88.5 Å². The molecule has 296 valence electrons. The van der Waals surface area contributed by atoms with Gasteiger partial charge >= 0.3 is 17.9 Å². The molecule has 0 aliphatic carbocycles. The van der Waals surface area contributed by atoms with Crippen molar-refractivity contribution in [3.63, 3.8) is 0 Å². The minimum atomic E-state index is -0.528. The van der Waals surface area contributed by atoms with E-state index in [1.54, 1.807) is 20.8 Å². The van der Waals surface area contributed by atoms with Crippen LogP contribution in [-0.2, 0) is 42.8 Å². The summed E-state index contributed by atoms with van der Waals surface area (Å²) in [5.41, 5.74) is 3.06. The largest absolute Gasteiger partial charge is 0.460 e. The van der Waals surface area contributed by atoms with Crippen molar-refractivity contribution >= 4 is 35.0 Å². The average Bonchev–Trinajstić information content (AvgIpc) is 3.17. The molecule has 3 rings (SSSR count). The molecule has 3 unspecified atom stereocenters. The van der Waals surface area contributed by atoms with Crippen LogP contribution in [0.5, 0.6) is 0 Å². The summed E-state index contributed by atoms with van der Waals surface area (Å²) in [6.07, 6.45) is -1.29. The fourth-order valence-corrected chi connectivity index (χ4v) is 5.31. The number of benzene rings is 3. The Morgan fingerprint density at radius 3 is 1.07 bits per heavy atom. The molecular weight excluding hydrogens is 690 g/mol. The van der Waals surface area contributed by atoms with Gasteiger partial charge in [-0.2, -0.15) is 0 Å². The van der Waals surface area contributed by atoms with Gasteiger partial charge in [-0.1, -0.05) is 54.6 Å². The Labute approximate surface area is 321 Å². The quantitative estimate of drug-likeness (QED) is 0.0732. The molecule has 0 radical (unpaired) electrons. The van der Waals surface area contributed by atoms with Crippen molar-refractivity contribution in [1.82, 2.24) is 0 Å². The first-order valence-electron chi connectivity index (χ1n) is 18.6. The lowest BCUT2D eigenvalue weighted by atomic mass is 10.3. The maximum Gasteiger partial charge on any atom is 0.307 e. The monoisotopic (exact) mass is 749 g/mol. The van der Waals surface area contributed by atoms with E-state index in [4.69, 9.17) is 28.4 Å². The number of anilines is 3. The molecule has 0 spiro atoms. The molecule has 0 saturated heterocycles. The van der Waals surface area contributed by atoms with Crippen LogP contribution in [0.3, 0.4) is 0 Å². The van der Waals surface area contributed by atoms with Gasteiger partial charge in [-0.3, -0.25) is 14.4 Å². The maximum atomic E-state index is 12.6. The van der Waals surface area contributed by atoms with Crippen LogP contribution in [0.15, 0.2) is 91.0 Å². The molecule has 0 bridgehead atoms. The van der Waals surface area contributed by atoms with Crippen LogP contribution in [0.2, 0.25) is 0 Å². The van der Waals surface area contributed by atoms with Crippen molar-refractivity contribution in [2.45, 2.75) is 64.4 Å². The molecule has 3 aromatic rings. The number of nitrogens with zero attached hydrogens (tertiary/aromatic N) is 3. The second kappa shape index (κ2) is 24.6. The van der Waals surface area contributed by atoms with Crippen molar-refractivity contribution in [2.24, 2.45) is 0 Å². The lowest BCUT2D eigenvalue weighted by Crippen LogP contribution is -2.33. The van der Waals surface area contributed by atoms with Crippen molar-refractivity contribution < 1.29 is 42.8 Å². The summed E-state index contributed by atoms with van der Waals surface area (Å²) in [4.78, 5) is 43.6. The van der Waals surface area contributed by atoms with Gasteiger partial charge in [0.25, 0.3) is 0 Å². The van der Waals surface area contributed by atoms with Crippen LogP contribution in [0.1, 0.15) is 40.0 Å². The smallest absolute Gasteiger partial charge is 0.307 e. The lowest BCUT2D eigenvalue weighted by molar-refractivity contribution is -0.159. The fourth-order valence-electron chi connectivity index (χ4n) is 5.31. The van der Waals surface area contributed by atoms with Gasteiger partial charge in [-0.15, -0.1) is 0 Å². The normalized spacial score (nSPS) is 13.2. The van der Waals surface area contributed by atoms with Gasteiger partial charge in [-0.05, 0) is 57.2 Å². The zero-order chi connectivity index (χ0) is 39.1. The number of rotatable bonds is 26. The summed E-state index contributed by atoms with van der Waals surface area (Å²) in [6, 6.07) is 29.5. The highest BCUT2D eigenvalue weighted by Crippen LogP contribution is 2.14. The minimum Gasteiger partial charge on any atom is -0.460 e. The van der Waals surface area contributed by atoms with Gasteiger partial charge in [-0.25, -0.2) is 0 Å². The van der Waals surface area contributed by atoms with Crippen molar-refractivity contribution in [3.8, 4) is 0 Å². The van der Waals surface area contributed by atoms with Gasteiger partial charge in [0.05, 0.1) is 52.3 Å². The van der Waals surface area contributed by atoms with Crippen LogP contribution in [0, 0.1) is 0 Å². The summed E-state index contributed by atoms with van der Waals surface area (Å²) < 4.78 is 34.6. The van der Waals surface area contributed by atoms with E-state index in [1.165, 1.54) is 0 Å². The summed E-state index contributed by atoms with van der Waals surface area (Å²) in [6.45, 7) is 7.59. The van der Waals surface area contributed by atoms with E-state index in [2.05, 4.69) is 0 Å². The standard InChI is InChI=1S/C42H59N3O9/c1-33(52-40(46)22-25-43(4)36-16-10-7-11-17-36)28-49-31-39(51-30-35(3)54-42(48)24-27-45(6)38-20-14-9-15-21-38)32-50-29-34(2)53-41(47)23-26-44(5)37-18-12-8-13-19-37/h7-21,33-35,39H,22-32H2,1-6H3. The highest BCUT2D eigenvalue weighted by Gasteiger charge is 2.19. The number of carbonyl (C=O) groups is 3. The SMILES string of the molecule is CC(COCC(COCC(C)OC(=O)CCN(C)c1ccccc1)OCC(C)OC(=O)CCN(C)c1ccccc1)OC(=O)CCN(C)c1ccccc1. The second-order valence-electron chi connectivity index (χ2n) is 13.5. The van der Waals surface area contributed by atoms with Crippen LogP contribution in [0.4, 0.5) is 17.1 Å². The minimum absolute atomic E-state index is 0.122. The number of esters is 3. The number of ether oxygens (including phenoxy) is 6. The van der Waals surface area contributed by atoms with E-state index in [9.17, 15) is 14.4 Å². The van der Waals surface area contributed by atoms with E-state index < -0.39 is 24.4 Å². The highest BCUT2D eigenvalue weighted by molar-refractivity contribution is 5.71. The van der Waals surface area contributed by atoms with Crippen LogP contribution in [0.25, 0.3) is 0 Å². The predicted molar refractivity (Wildman–Crippen MR) is 211 cm³/mol. The van der Waals surface area contributed by atoms with Gasteiger partial charge in [0, 0.05) is 57.8 Å². The Morgan fingerprint density at radius 1 is 0.463 bits per heavy atom. The number of para-hydroxylation sites is 3. The molecule has 0 aliphatic heterocycles. The first-order valence-corrected chi connectivity index (χ1v) is 18.6. The molecule has 54 heavy (non-hydrogen) atoms. The van der Waals surface area contributed by atoms with Gasteiger partial charge in [0.2, 0.25) is 0 Å². The summed E-state index contributed by atoms with van der Waals surface area (Å²) in [7, 11) is 5.79. The molecule has 12 heteroatoms. The third-order valence-electron chi connectivity index (χ3n) is 8.42. The van der Waals surface area contributed by atoms with E-state index in [0.29, 0.717) is 19.6 Å². The van der Waals surface area contributed by atoms with E-state index in [-0.39, 0.29) is 70.2 Å². The molecule has 0 aliphatic rings. The molecule has 0 heterocycles. The second-order valence-corrected chi connectivity index (χ2v) is 13.5. The van der Waals surface area contributed by atoms with E-state index in [0.717, 1.165) is 17.1 Å². The van der Waals surface area contributed by atoms with Crippen molar-refractivity contribution in [1.29, 1.82) is 0 Å². The molecule has 0 aromatic heterocycles. The zero-order valence-electron chi connectivity index (χ0n) is 32.8. The van der Waals surface area contributed by atoms with E-state index in [1.807, 2.05) is 127 Å². The Kier molecular flexibility index (Phi) is 20.0. The number of hydrogen-bond acceptors (Lipinski definition) is 12. The Bertz CT molecular complexity index is 1410. The van der Waals surface area contributed by atoms with Crippen LogP contribution >= 0.6 is 0 Å². The molecule has 12 nitrogen and oxygen atoms in total. The van der Waals surface area contributed by atoms with Crippen molar-refractivity contribution in [3.05, 3.63) is 91.0 Å². The molecule has 0 N–H and O–H groups in total. The average molecular weight is 750 g/mol. The molecule has 0 saturated carbocycles. The first-order chi connectivity index (χ1) is 26.0.